The standard InChI is InChI=1S/C17H23ClN2O3/c1-11(2)4-5-12(3)19-16(21)9-20-14-8-13(18)6-7-15(14)23-10-17(20)22/h6-8,11-12H,4-5,9-10H2,1-3H3,(H,19,21)/t12-/m1/s1. The topological polar surface area (TPSA) is 58.6 Å². The Morgan fingerprint density at radius 3 is 2.78 bits per heavy atom. The normalized spacial score (nSPS) is 15.2. The molecule has 1 N–H and O–H groups in total. The van der Waals surface area contributed by atoms with Crippen LogP contribution in [0.2, 0.25) is 5.02 Å². The van der Waals surface area contributed by atoms with Crippen LogP contribution in [-0.2, 0) is 9.59 Å². The van der Waals surface area contributed by atoms with E-state index in [-0.39, 0.29) is 31.0 Å². The Balaban J connectivity index is 2.00. The Morgan fingerprint density at radius 2 is 2.09 bits per heavy atom. The quantitative estimate of drug-likeness (QED) is 0.867. The molecule has 0 unspecified atom stereocenters. The van der Waals surface area contributed by atoms with Gasteiger partial charge in [-0.1, -0.05) is 25.4 Å². The predicted octanol–water partition coefficient (Wildman–Crippen LogP) is 3.01. The van der Waals surface area contributed by atoms with Gasteiger partial charge in [0.05, 0.1) is 5.69 Å². The van der Waals surface area contributed by atoms with Gasteiger partial charge >= 0.3 is 0 Å². The SMILES string of the molecule is CC(C)CC[C@@H](C)NC(=O)CN1C(=O)COc2ccc(Cl)cc21. The van der Waals surface area contributed by atoms with Crippen molar-refractivity contribution in [2.75, 3.05) is 18.1 Å². The first-order chi connectivity index (χ1) is 10.9. The van der Waals surface area contributed by atoms with Gasteiger partial charge in [-0.05, 0) is 43.9 Å². The Bertz CT molecular complexity index is 589. The Labute approximate surface area is 141 Å². The number of rotatable bonds is 6. The molecule has 6 heteroatoms. The summed E-state index contributed by atoms with van der Waals surface area (Å²) in [6.07, 6.45) is 1.97. The summed E-state index contributed by atoms with van der Waals surface area (Å²) in [5, 5.41) is 3.44. The third-order valence-electron chi connectivity index (χ3n) is 3.75. The minimum Gasteiger partial charge on any atom is -0.482 e. The molecular formula is C17H23ClN2O3. The van der Waals surface area contributed by atoms with Crippen molar-refractivity contribution in [2.24, 2.45) is 5.92 Å². The number of nitrogens with one attached hydrogen (secondary N) is 1. The van der Waals surface area contributed by atoms with Gasteiger partial charge in [0, 0.05) is 11.1 Å². The minimum absolute atomic E-state index is 0.0262. The van der Waals surface area contributed by atoms with Gasteiger partial charge in [0.25, 0.3) is 5.91 Å². The number of carbonyl (C=O) groups excluding carboxylic acids is 2. The third-order valence-corrected chi connectivity index (χ3v) is 3.99. The lowest BCUT2D eigenvalue weighted by molar-refractivity contribution is -0.125. The number of hydrogen-bond donors (Lipinski definition) is 1. The van der Waals surface area contributed by atoms with Crippen molar-refractivity contribution in [2.45, 2.75) is 39.7 Å². The van der Waals surface area contributed by atoms with E-state index in [0.29, 0.717) is 22.4 Å². The lowest BCUT2D eigenvalue weighted by Gasteiger charge is -2.29. The zero-order chi connectivity index (χ0) is 17.0. The predicted molar refractivity (Wildman–Crippen MR) is 91.0 cm³/mol. The lowest BCUT2D eigenvalue weighted by atomic mass is 10.0. The molecule has 0 radical (unpaired) electrons. The van der Waals surface area contributed by atoms with Gasteiger partial charge in [-0.15, -0.1) is 0 Å². The van der Waals surface area contributed by atoms with Crippen LogP contribution in [0.15, 0.2) is 18.2 Å². The van der Waals surface area contributed by atoms with Crippen LogP contribution >= 0.6 is 11.6 Å². The minimum atomic E-state index is -0.246. The molecule has 1 atom stereocenters. The summed E-state index contributed by atoms with van der Waals surface area (Å²) in [5.74, 6) is 0.742. The maximum atomic E-state index is 12.2. The summed E-state index contributed by atoms with van der Waals surface area (Å²) < 4.78 is 5.37. The van der Waals surface area contributed by atoms with E-state index in [1.807, 2.05) is 6.92 Å². The van der Waals surface area contributed by atoms with Gasteiger partial charge in [-0.3, -0.25) is 14.5 Å². The highest BCUT2D eigenvalue weighted by Gasteiger charge is 2.27. The summed E-state index contributed by atoms with van der Waals surface area (Å²) in [4.78, 5) is 25.7. The van der Waals surface area contributed by atoms with Gasteiger partial charge in [0.1, 0.15) is 12.3 Å². The maximum absolute atomic E-state index is 12.2. The van der Waals surface area contributed by atoms with E-state index in [1.54, 1.807) is 18.2 Å². The molecular weight excluding hydrogens is 316 g/mol. The van der Waals surface area contributed by atoms with E-state index in [1.165, 1.54) is 4.90 Å². The van der Waals surface area contributed by atoms with Crippen LogP contribution in [-0.4, -0.2) is 31.0 Å². The first-order valence-electron chi connectivity index (χ1n) is 7.89. The molecule has 5 nitrogen and oxygen atoms in total. The average Bonchev–Trinajstić information content (AvgIpc) is 2.48. The number of nitrogens with zero attached hydrogens (tertiary/aromatic N) is 1. The molecule has 1 aliphatic heterocycles. The fraction of sp³-hybridized carbons (Fsp3) is 0.529. The van der Waals surface area contributed by atoms with Crippen molar-refractivity contribution < 1.29 is 14.3 Å². The van der Waals surface area contributed by atoms with E-state index in [0.717, 1.165) is 12.8 Å². The second-order valence-corrected chi connectivity index (χ2v) is 6.76. The molecule has 0 fully saturated rings. The van der Waals surface area contributed by atoms with Crippen molar-refractivity contribution in [1.29, 1.82) is 0 Å². The van der Waals surface area contributed by atoms with Crippen molar-refractivity contribution >= 4 is 29.1 Å². The molecule has 0 saturated heterocycles. The third kappa shape index (κ3) is 4.86. The molecule has 1 heterocycles. The highest BCUT2D eigenvalue weighted by Crippen LogP contribution is 2.34. The average molecular weight is 339 g/mol. The van der Waals surface area contributed by atoms with E-state index >= 15 is 0 Å². The van der Waals surface area contributed by atoms with Crippen molar-refractivity contribution in [3.05, 3.63) is 23.2 Å². The summed E-state index contributed by atoms with van der Waals surface area (Å²) in [7, 11) is 0. The van der Waals surface area contributed by atoms with Crippen LogP contribution in [0.5, 0.6) is 5.75 Å². The molecule has 23 heavy (non-hydrogen) atoms. The van der Waals surface area contributed by atoms with E-state index in [9.17, 15) is 9.59 Å². The summed E-state index contributed by atoms with van der Waals surface area (Å²) in [6.45, 7) is 6.20. The van der Waals surface area contributed by atoms with Gasteiger partial charge in [-0.2, -0.15) is 0 Å². The van der Waals surface area contributed by atoms with E-state index in [4.69, 9.17) is 16.3 Å². The lowest BCUT2D eigenvalue weighted by Crippen LogP contribution is -2.46. The molecule has 0 spiro atoms. The Hall–Kier alpha value is -1.75. The van der Waals surface area contributed by atoms with E-state index < -0.39 is 0 Å². The number of anilines is 1. The first kappa shape index (κ1) is 17.6. The monoisotopic (exact) mass is 338 g/mol. The molecule has 1 aliphatic rings. The number of ether oxygens (including phenoxy) is 1. The largest absolute Gasteiger partial charge is 0.482 e. The van der Waals surface area contributed by atoms with Crippen molar-refractivity contribution in [3.63, 3.8) is 0 Å². The van der Waals surface area contributed by atoms with Crippen molar-refractivity contribution in [1.82, 2.24) is 5.32 Å². The maximum Gasteiger partial charge on any atom is 0.265 e. The smallest absolute Gasteiger partial charge is 0.265 e. The highest BCUT2D eigenvalue weighted by molar-refractivity contribution is 6.31. The van der Waals surface area contributed by atoms with Gasteiger partial charge in [-0.25, -0.2) is 0 Å². The van der Waals surface area contributed by atoms with Crippen LogP contribution in [0.3, 0.4) is 0 Å². The Morgan fingerprint density at radius 1 is 1.35 bits per heavy atom. The number of amides is 2. The van der Waals surface area contributed by atoms with Crippen LogP contribution in [0.25, 0.3) is 0 Å². The number of hydrogen-bond acceptors (Lipinski definition) is 3. The van der Waals surface area contributed by atoms with Crippen LogP contribution in [0.1, 0.15) is 33.6 Å². The van der Waals surface area contributed by atoms with Gasteiger partial charge in [0.15, 0.2) is 6.61 Å². The summed E-state index contributed by atoms with van der Waals surface area (Å²) >= 11 is 5.99. The molecule has 126 valence electrons. The molecule has 0 aromatic heterocycles. The number of halogens is 1. The Kier molecular flexibility index (Phi) is 5.88. The number of fused-ring (bicyclic) bond motifs is 1. The molecule has 0 bridgehead atoms. The highest BCUT2D eigenvalue weighted by atomic mass is 35.5. The number of benzene rings is 1. The van der Waals surface area contributed by atoms with Crippen LogP contribution in [0, 0.1) is 5.92 Å². The summed E-state index contributed by atoms with van der Waals surface area (Å²) in [5.41, 5.74) is 0.540. The molecule has 0 aliphatic carbocycles. The molecule has 0 saturated carbocycles. The second kappa shape index (κ2) is 7.68. The van der Waals surface area contributed by atoms with Gasteiger partial charge in [0.2, 0.25) is 5.91 Å². The van der Waals surface area contributed by atoms with E-state index in [2.05, 4.69) is 19.2 Å². The van der Waals surface area contributed by atoms with Crippen LogP contribution in [0.4, 0.5) is 5.69 Å². The molecule has 1 aromatic carbocycles. The fourth-order valence-electron chi connectivity index (χ4n) is 2.47. The fourth-order valence-corrected chi connectivity index (χ4v) is 2.63. The van der Waals surface area contributed by atoms with Gasteiger partial charge < -0.3 is 10.1 Å². The zero-order valence-electron chi connectivity index (χ0n) is 13.8. The first-order valence-corrected chi connectivity index (χ1v) is 8.26. The number of carbonyl (C=O) groups is 2. The molecule has 2 amide bonds. The molecule has 2 rings (SSSR count). The molecule has 1 aromatic rings. The van der Waals surface area contributed by atoms with Crippen molar-refractivity contribution in [3.8, 4) is 5.75 Å². The van der Waals surface area contributed by atoms with Crippen LogP contribution < -0.4 is 15.0 Å². The summed E-state index contributed by atoms with van der Waals surface area (Å²) in [6, 6.07) is 5.13. The second-order valence-electron chi connectivity index (χ2n) is 6.32. The zero-order valence-corrected chi connectivity index (χ0v) is 14.5.